The van der Waals surface area contributed by atoms with Crippen molar-refractivity contribution in [3.8, 4) is 17.2 Å². The number of phenols is 1. The molecule has 0 saturated carbocycles. The number of aryl methyl sites for hydroxylation is 1. The van der Waals surface area contributed by atoms with Crippen LogP contribution in [0.25, 0.3) is 0 Å². The molecule has 28 heavy (non-hydrogen) atoms. The van der Waals surface area contributed by atoms with Crippen LogP contribution in [0.1, 0.15) is 30.9 Å². The number of halogens is 2. The van der Waals surface area contributed by atoms with Crippen LogP contribution in [-0.2, 0) is 14.9 Å². The predicted molar refractivity (Wildman–Crippen MR) is 120 cm³/mol. The van der Waals surface area contributed by atoms with Crippen LogP contribution < -0.4 is 9.47 Å². The maximum absolute atomic E-state index is 12.2. The van der Waals surface area contributed by atoms with Crippen molar-refractivity contribution in [3.63, 3.8) is 0 Å². The summed E-state index contributed by atoms with van der Waals surface area (Å²) in [6.07, 6.45) is 0. The molecule has 0 spiro atoms. The molecule has 0 aromatic heterocycles. The molecule has 2 aromatic carbocycles. The topological polar surface area (TPSA) is 110 Å². The Morgan fingerprint density at radius 3 is 2.21 bits per heavy atom. The third kappa shape index (κ3) is 5.70. The zero-order valence-corrected chi connectivity index (χ0v) is 20.3. The number of hydrogen-bond donors (Lipinski definition) is 2. The first-order valence-electron chi connectivity index (χ1n) is 8.03. The van der Waals surface area contributed by atoms with E-state index in [0.717, 1.165) is 0 Å². The Morgan fingerprint density at radius 1 is 1.14 bits per heavy atom. The highest BCUT2D eigenvalue weighted by atomic mass is 127. The Morgan fingerprint density at radius 2 is 1.71 bits per heavy atom. The minimum absolute atomic E-state index is 0.0968. The molecule has 0 atom stereocenters. The Hall–Kier alpha value is -1.12. The van der Waals surface area contributed by atoms with Crippen LogP contribution >= 0.6 is 45.2 Å². The van der Waals surface area contributed by atoms with E-state index in [1.54, 1.807) is 20.8 Å². The normalized spacial score (nSPS) is 11.5. The summed E-state index contributed by atoms with van der Waals surface area (Å²) in [7, 11) is -4.39. The third-order valence-electron chi connectivity index (χ3n) is 3.75. The Labute approximate surface area is 190 Å². The fraction of sp³-hybridized carbons (Fsp3) is 0.278. The summed E-state index contributed by atoms with van der Waals surface area (Å²) >= 11 is 3.97. The van der Waals surface area contributed by atoms with Gasteiger partial charge in [-0.3, -0.25) is 4.55 Å². The summed E-state index contributed by atoms with van der Waals surface area (Å²) in [5.41, 5.74) is 0.735. The molecule has 152 valence electrons. The van der Waals surface area contributed by atoms with Crippen molar-refractivity contribution >= 4 is 61.3 Å². The monoisotopic (exact) mass is 632 g/mol. The smallest absolute Gasteiger partial charge is 0.349 e. The van der Waals surface area contributed by atoms with Crippen LogP contribution in [0.2, 0.25) is 0 Å². The molecule has 0 bridgehead atoms. The molecule has 0 amide bonds. The van der Waals surface area contributed by atoms with Gasteiger partial charge in [0, 0.05) is 0 Å². The van der Waals surface area contributed by atoms with Gasteiger partial charge in [-0.05, 0) is 93.4 Å². The first-order valence-corrected chi connectivity index (χ1v) is 11.6. The van der Waals surface area contributed by atoms with Gasteiger partial charge in [-0.15, -0.1) is 0 Å². The molecular formula is C18H18I2O7S. The second-order valence-corrected chi connectivity index (χ2v) is 10.0. The highest BCUT2D eigenvalue weighted by Crippen LogP contribution is 2.33. The van der Waals surface area contributed by atoms with Gasteiger partial charge in [0.25, 0.3) is 10.1 Å². The molecule has 10 heteroatoms. The van der Waals surface area contributed by atoms with Crippen molar-refractivity contribution in [1.29, 1.82) is 0 Å². The summed E-state index contributed by atoms with van der Waals surface area (Å²) in [6.45, 7) is 4.74. The standard InChI is InChI=1S/C18H18I2O7S/c1-9(2)12-7-15(10(3)4-16(12)28(23,24)25)27-17(22)8-26-18-13(19)5-11(21)6-14(18)20/h4-7,9,21H,8H2,1-3H3,(H,23,24,25). The van der Waals surface area contributed by atoms with Crippen LogP contribution in [0, 0.1) is 14.1 Å². The first kappa shape index (κ1) is 23.2. The lowest BCUT2D eigenvalue weighted by Crippen LogP contribution is -2.19. The largest absolute Gasteiger partial charge is 0.508 e. The molecule has 0 aliphatic carbocycles. The van der Waals surface area contributed by atoms with Crippen LogP contribution in [0.3, 0.4) is 0 Å². The summed E-state index contributed by atoms with van der Waals surface area (Å²) < 4.78 is 44.8. The zero-order chi connectivity index (χ0) is 21.2. The van der Waals surface area contributed by atoms with Crippen molar-refractivity contribution < 1.29 is 32.3 Å². The average molecular weight is 632 g/mol. The number of carbonyl (C=O) groups is 1. The van der Waals surface area contributed by atoms with Crippen LogP contribution in [0.5, 0.6) is 17.2 Å². The van der Waals surface area contributed by atoms with Gasteiger partial charge in [0.1, 0.15) is 17.2 Å². The Bertz CT molecular complexity index is 994. The molecule has 0 radical (unpaired) electrons. The molecule has 2 rings (SSSR count). The van der Waals surface area contributed by atoms with Gasteiger partial charge in [-0.1, -0.05) is 13.8 Å². The SMILES string of the molecule is Cc1cc(S(=O)(=O)O)c(C(C)C)cc1OC(=O)COc1c(I)cc(O)cc1I. The Balaban J connectivity index is 2.22. The van der Waals surface area contributed by atoms with E-state index in [-0.39, 0.29) is 28.9 Å². The van der Waals surface area contributed by atoms with Gasteiger partial charge in [0.2, 0.25) is 0 Å². The summed E-state index contributed by atoms with van der Waals surface area (Å²) in [6, 6.07) is 5.74. The quantitative estimate of drug-likeness (QED) is 0.212. The number of aromatic hydroxyl groups is 1. The minimum Gasteiger partial charge on any atom is -0.508 e. The fourth-order valence-electron chi connectivity index (χ4n) is 2.43. The second-order valence-electron chi connectivity index (χ2n) is 6.29. The molecule has 0 saturated heterocycles. The van der Waals surface area contributed by atoms with Crippen molar-refractivity contribution in [2.45, 2.75) is 31.6 Å². The highest BCUT2D eigenvalue weighted by molar-refractivity contribution is 14.1. The van der Waals surface area contributed by atoms with Crippen molar-refractivity contribution in [2.75, 3.05) is 6.61 Å². The number of phenolic OH excluding ortho intramolecular Hbond substituents is 1. The summed E-state index contributed by atoms with van der Waals surface area (Å²) in [5.74, 6) is -0.139. The summed E-state index contributed by atoms with van der Waals surface area (Å²) in [4.78, 5) is 12.0. The second kappa shape index (κ2) is 9.13. The van der Waals surface area contributed by atoms with Crippen LogP contribution in [0.15, 0.2) is 29.2 Å². The molecule has 2 aromatic rings. The van der Waals surface area contributed by atoms with Gasteiger partial charge >= 0.3 is 5.97 Å². The zero-order valence-electron chi connectivity index (χ0n) is 15.2. The van der Waals surface area contributed by atoms with Crippen LogP contribution in [0.4, 0.5) is 0 Å². The van der Waals surface area contributed by atoms with E-state index < -0.39 is 16.1 Å². The fourth-order valence-corrected chi connectivity index (χ4v) is 5.39. The lowest BCUT2D eigenvalue weighted by atomic mass is 10.0. The van der Waals surface area contributed by atoms with Crippen molar-refractivity contribution in [2.24, 2.45) is 0 Å². The highest BCUT2D eigenvalue weighted by Gasteiger charge is 2.21. The van der Waals surface area contributed by atoms with Gasteiger partial charge in [-0.25, -0.2) is 4.79 Å². The molecule has 0 aliphatic rings. The van der Waals surface area contributed by atoms with Gasteiger partial charge in [-0.2, -0.15) is 8.42 Å². The van der Waals surface area contributed by atoms with Gasteiger partial charge < -0.3 is 14.6 Å². The van der Waals surface area contributed by atoms with Gasteiger partial charge in [0.05, 0.1) is 12.0 Å². The maximum atomic E-state index is 12.2. The van der Waals surface area contributed by atoms with E-state index in [1.165, 1.54) is 24.3 Å². The molecular weight excluding hydrogens is 614 g/mol. The third-order valence-corrected chi connectivity index (χ3v) is 6.26. The lowest BCUT2D eigenvalue weighted by Gasteiger charge is -2.16. The molecule has 0 heterocycles. The van der Waals surface area contributed by atoms with E-state index in [4.69, 9.17) is 9.47 Å². The first-order chi connectivity index (χ1) is 12.9. The molecule has 0 unspecified atom stereocenters. The lowest BCUT2D eigenvalue weighted by molar-refractivity contribution is -0.136. The number of benzene rings is 2. The van der Waals surface area contributed by atoms with E-state index in [0.29, 0.717) is 24.0 Å². The average Bonchev–Trinajstić information content (AvgIpc) is 2.54. The molecule has 7 nitrogen and oxygen atoms in total. The van der Waals surface area contributed by atoms with E-state index in [2.05, 4.69) is 0 Å². The minimum atomic E-state index is -4.39. The maximum Gasteiger partial charge on any atom is 0.349 e. The molecule has 0 fully saturated rings. The van der Waals surface area contributed by atoms with E-state index in [9.17, 15) is 22.9 Å². The van der Waals surface area contributed by atoms with Crippen molar-refractivity contribution in [3.05, 3.63) is 42.5 Å². The van der Waals surface area contributed by atoms with Crippen molar-refractivity contribution in [1.82, 2.24) is 0 Å². The molecule has 2 N–H and O–H groups in total. The Kier molecular flexibility index (Phi) is 7.56. The number of esters is 1. The number of hydrogen-bond acceptors (Lipinski definition) is 6. The predicted octanol–water partition coefficient (Wildman–Crippen LogP) is 4.26. The molecule has 0 aliphatic heterocycles. The van der Waals surface area contributed by atoms with Gasteiger partial charge in [0.15, 0.2) is 6.61 Å². The van der Waals surface area contributed by atoms with E-state index >= 15 is 0 Å². The number of carbonyl (C=O) groups excluding carboxylic acids is 1. The van der Waals surface area contributed by atoms with E-state index in [1.807, 2.05) is 45.2 Å². The number of ether oxygens (including phenoxy) is 2. The number of rotatable bonds is 6. The van der Waals surface area contributed by atoms with Crippen LogP contribution in [-0.4, -0.2) is 30.7 Å². The summed E-state index contributed by atoms with van der Waals surface area (Å²) in [5, 5.41) is 9.55.